The van der Waals surface area contributed by atoms with Crippen LogP contribution in [0.1, 0.15) is 12.6 Å². The lowest BCUT2D eigenvalue weighted by Crippen LogP contribution is -1.97. The van der Waals surface area contributed by atoms with Gasteiger partial charge in [-0.05, 0) is 12.5 Å². The molecule has 3 aromatic rings. The Morgan fingerprint density at radius 2 is 1.35 bits per heavy atom. The fraction of sp³-hybridized carbons (Fsp3) is 0.111. The summed E-state index contributed by atoms with van der Waals surface area (Å²) in [6, 6.07) is 22.4. The summed E-state index contributed by atoms with van der Waals surface area (Å²) < 4.78 is 0. The molecule has 0 aliphatic rings. The molecular formula is C18H16N2. The van der Waals surface area contributed by atoms with Crippen LogP contribution in [0.25, 0.3) is 22.6 Å². The van der Waals surface area contributed by atoms with E-state index in [-0.39, 0.29) is 0 Å². The number of nitrogens with zero attached hydrogens (tertiary/aromatic N) is 2. The zero-order valence-electron chi connectivity index (χ0n) is 11.5. The fourth-order valence-electron chi connectivity index (χ4n) is 2.15. The van der Waals surface area contributed by atoms with Crippen LogP contribution in [-0.4, -0.2) is 9.97 Å². The molecular weight excluding hydrogens is 244 g/mol. The van der Waals surface area contributed by atoms with Gasteiger partial charge >= 0.3 is 0 Å². The molecule has 0 saturated heterocycles. The van der Waals surface area contributed by atoms with Gasteiger partial charge in [0.15, 0.2) is 5.82 Å². The minimum atomic E-state index is 0.795. The summed E-state index contributed by atoms with van der Waals surface area (Å²) in [5.41, 5.74) is 4.23. The molecule has 2 aromatic carbocycles. The van der Waals surface area contributed by atoms with E-state index >= 15 is 0 Å². The second-order valence-corrected chi connectivity index (χ2v) is 4.65. The van der Waals surface area contributed by atoms with Gasteiger partial charge in [0.25, 0.3) is 0 Å². The van der Waals surface area contributed by atoms with Gasteiger partial charge in [-0.15, -0.1) is 0 Å². The van der Waals surface area contributed by atoms with E-state index in [1.807, 2.05) is 48.5 Å². The van der Waals surface area contributed by atoms with Gasteiger partial charge in [-0.3, -0.25) is 0 Å². The van der Waals surface area contributed by atoms with Gasteiger partial charge < -0.3 is 0 Å². The molecule has 98 valence electrons. The molecule has 0 aliphatic carbocycles. The molecule has 0 aliphatic heterocycles. The molecule has 0 saturated carbocycles. The van der Waals surface area contributed by atoms with Crippen LogP contribution < -0.4 is 0 Å². The van der Waals surface area contributed by atoms with Crippen molar-refractivity contribution < 1.29 is 0 Å². The SMILES string of the molecule is CCc1cc(-c2ccccc2)nc(-c2ccccc2)n1. The maximum absolute atomic E-state index is 4.71. The molecule has 2 heteroatoms. The van der Waals surface area contributed by atoms with Crippen LogP contribution in [0.15, 0.2) is 66.7 Å². The molecule has 0 N–H and O–H groups in total. The van der Waals surface area contributed by atoms with Crippen molar-refractivity contribution in [2.75, 3.05) is 0 Å². The summed E-state index contributed by atoms with van der Waals surface area (Å²) in [7, 11) is 0. The second-order valence-electron chi connectivity index (χ2n) is 4.65. The van der Waals surface area contributed by atoms with Crippen LogP contribution in [0.3, 0.4) is 0 Å². The van der Waals surface area contributed by atoms with Crippen molar-refractivity contribution in [3.8, 4) is 22.6 Å². The minimum absolute atomic E-state index is 0.795. The molecule has 20 heavy (non-hydrogen) atoms. The fourth-order valence-corrected chi connectivity index (χ4v) is 2.15. The average molecular weight is 260 g/mol. The smallest absolute Gasteiger partial charge is 0.160 e. The molecule has 1 aromatic heterocycles. The first-order chi connectivity index (χ1) is 9.86. The zero-order valence-corrected chi connectivity index (χ0v) is 11.5. The van der Waals surface area contributed by atoms with E-state index in [4.69, 9.17) is 4.98 Å². The third kappa shape index (κ3) is 2.59. The summed E-state index contributed by atoms with van der Waals surface area (Å²) in [5, 5.41) is 0. The number of hydrogen-bond donors (Lipinski definition) is 0. The number of rotatable bonds is 3. The highest BCUT2D eigenvalue weighted by Gasteiger charge is 2.07. The Morgan fingerprint density at radius 1 is 0.750 bits per heavy atom. The number of benzene rings is 2. The van der Waals surface area contributed by atoms with E-state index in [1.165, 1.54) is 0 Å². The lowest BCUT2D eigenvalue weighted by atomic mass is 10.1. The van der Waals surface area contributed by atoms with E-state index in [0.29, 0.717) is 0 Å². The largest absolute Gasteiger partial charge is 0.233 e. The molecule has 0 fully saturated rings. The van der Waals surface area contributed by atoms with Gasteiger partial charge in [0.05, 0.1) is 5.69 Å². The molecule has 0 spiro atoms. The minimum Gasteiger partial charge on any atom is -0.233 e. The molecule has 0 amide bonds. The van der Waals surface area contributed by atoms with E-state index in [9.17, 15) is 0 Å². The van der Waals surface area contributed by atoms with Crippen molar-refractivity contribution in [1.82, 2.24) is 9.97 Å². The topological polar surface area (TPSA) is 25.8 Å². The predicted octanol–water partition coefficient (Wildman–Crippen LogP) is 4.37. The van der Waals surface area contributed by atoms with Gasteiger partial charge in [-0.1, -0.05) is 67.6 Å². The van der Waals surface area contributed by atoms with Gasteiger partial charge in [0, 0.05) is 16.8 Å². The van der Waals surface area contributed by atoms with Crippen LogP contribution in [-0.2, 0) is 6.42 Å². The normalized spacial score (nSPS) is 10.4. The standard InChI is InChI=1S/C18H16N2/c1-2-16-13-17(14-9-5-3-6-10-14)20-18(19-16)15-11-7-4-8-12-15/h3-13H,2H2,1H3. The van der Waals surface area contributed by atoms with Crippen LogP contribution in [0.2, 0.25) is 0 Å². The number of aromatic nitrogens is 2. The Morgan fingerprint density at radius 3 is 1.95 bits per heavy atom. The van der Waals surface area contributed by atoms with Crippen LogP contribution in [0.5, 0.6) is 0 Å². The highest BCUT2D eigenvalue weighted by atomic mass is 14.9. The third-order valence-corrected chi connectivity index (χ3v) is 3.24. The van der Waals surface area contributed by atoms with Crippen molar-refractivity contribution in [3.63, 3.8) is 0 Å². The molecule has 0 bridgehead atoms. The third-order valence-electron chi connectivity index (χ3n) is 3.24. The van der Waals surface area contributed by atoms with Crippen LogP contribution >= 0.6 is 0 Å². The molecule has 0 unspecified atom stereocenters. The summed E-state index contributed by atoms with van der Waals surface area (Å²) >= 11 is 0. The summed E-state index contributed by atoms with van der Waals surface area (Å²) in [5.74, 6) is 0.795. The predicted molar refractivity (Wildman–Crippen MR) is 82.3 cm³/mol. The lowest BCUT2D eigenvalue weighted by Gasteiger charge is -2.07. The van der Waals surface area contributed by atoms with E-state index in [2.05, 4.69) is 30.1 Å². The molecule has 3 rings (SSSR count). The first kappa shape index (κ1) is 12.5. The maximum Gasteiger partial charge on any atom is 0.160 e. The Labute approximate surface area is 119 Å². The number of hydrogen-bond acceptors (Lipinski definition) is 2. The van der Waals surface area contributed by atoms with Crippen molar-refractivity contribution in [2.24, 2.45) is 0 Å². The summed E-state index contributed by atoms with van der Waals surface area (Å²) in [6.45, 7) is 2.12. The Kier molecular flexibility index (Phi) is 3.55. The average Bonchev–Trinajstić information content (AvgIpc) is 2.56. The molecule has 0 atom stereocenters. The first-order valence-corrected chi connectivity index (χ1v) is 6.85. The van der Waals surface area contributed by atoms with Gasteiger partial charge in [-0.25, -0.2) is 9.97 Å². The maximum atomic E-state index is 4.71. The summed E-state index contributed by atoms with van der Waals surface area (Å²) in [6.07, 6.45) is 0.905. The highest BCUT2D eigenvalue weighted by molar-refractivity contribution is 5.64. The van der Waals surface area contributed by atoms with E-state index in [0.717, 1.165) is 34.8 Å². The zero-order chi connectivity index (χ0) is 13.8. The van der Waals surface area contributed by atoms with Crippen LogP contribution in [0, 0.1) is 0 Å². The first-order valence-electron chi connectivity index (χ1n) is 6.85. The monoisotopic (exact) mass is 260 g/mol. The Balaban J connectivity index is 2.13. The molecule has 1 heterocycles. The number of aryl methyl sites for hydroxylation is 1. The van der Waals surface area contributed by atoms with Crippen molar-refractivity contribution in [1.29, 1.82) is 0 Å². The van der Waals surface area contributed by atoms with Gasteiger partial charge in [0.1, 0.15) is 0 Å². The summed E-state index contributed by atoms with van der Waals surface area (Å²) in [4.78, 5) is 9.35. The van der Waals surface area contributed by atoms with Gasteiger partial charge in [-0.2, -0.15) is 0 Å². The molecule has 0 radical (unpaired) electrons. The highest BCUT2D eigenvalue weighted by Crippen LogP contribution is 2.22. The van der Waals surface area contributed by atoms with E-state index < -0.39 is 0 Å². The quantitative estimate of drug-likeness (QED) is 0.698. The van der Waals surface area contributed by atoms with E-state index in [1.54, 1.807) is 0 Å². The van der Waals surface area contributed by atoms with Gasteiger partial charge in [0.2, 0.25) is 0 Å². The van der Waals surface area contributed by atoms with Crippen LogP contribution in [0.4, 0.5) is 0 Å². The van der Waals surface area contributed by atoms with Crippen molar-refractivity contribution >= 4 is 0 Å². The Hall–Kier alpha value is -2.48. The van der Waals surface area contributed by atoms with Crippen molar-refractivity contribution in [2.45, 2.75) is 13.3 Å². The molecule has 2 nitrogen and oxygen atoms in total. The Bertz CT molecular complexity index is 633. The second kappa shape index (κ2) is 5.66. The lowest BCUT2D eigenvalue weighted by molar-refractivity contribution is 1.01. The van der Waals surface area contributed by atoms with Crippen molar-refractivity contribution in [3.05, 3.63) is 72.4 Å².